The number of benzene rings is 2. The van der Waals surface area contributed by atoms with Crippen molar-refractivity contribution in [2.24, 2.45) is 0 Å². The molecule has 0 aliphatic heterocycles. The Morgan fingerprint density at radius 3 is 2.41 bits per heavy atom. The van der Waals surface area contributed by atoms with E-state index in [9.17, 15) is 9.59 Å². The van der Waals surface area contributed by atoms with Crippen molar-refractivity contribution in [3.05, 3.63) is 65.7 Å². The summed E-state index contributed by atoms with van der Waals surface area (Å²) in [5.74, 6) is -0.295. The maximum Gasteiger partial charge on any atom is 0.338 e. The predicted molar refractivity (Wildman–Crippen MR) is 100.0 cm³/mol. The van der Waals surface area contributed by atoms with Crippen LogP contribution in [0.2, 0.25) is 0 Å². The fourth-order valence-corrected chi connectivity index (χ4v) is 2.35. The highest BCUT2D eigenvalue weighted by Crippen LogP contribution is 2.15. The van der Waals surface area contributed by atoms with Crippen LogP contribution in [0.15, 0.2) is 54.6 Å². The highest BCUT2D eigenvalue weighted by Gasteiger charge is 2.22. The number of amides is 1. The quantitative estimate of drug-likeness (QED) is 0.671. The van der Waals surface area contributed by atoms with Crippen LogP contribution in [0.3, 0.4) is 0 Å². The molecule has 1 atom stereocenters. The lowest BCUT2D eigenvalue weighted by atomic mass is 10.2. The van der Waals surface area contributed by atoms with Crippen LogP contribution in [0, 0.1) is 11.3 Å². The van der Waals surface area contributed by atoms with Crippen molar-refractivity contribution in [1.82, 2.24) is 4.90 Å². The third-order valence-corrected chi connectivity index (χ3v) is 3.91. The average molecular weight is 366 g/mol. The molecule has 0 aliphatic carbocycles. The van der Waals surface area contributed by atoms with E-state index in [2.05, 4.69) is 0 Å². The first-order valence-electron chi connectivity index (χ1n) is 8.61. The lowest BCUT2D eigenvalue weighted by molar-refractivity contribution is -0.138. The summed E-state index contributed by atoms with van der Waals surface area (Å²) in [6.45, 7) is 2.25. The zero-order valence-corrected chi connectivity index (χ0v) is 15.4. The van der Waals surface area contributed by atoms with Crippen molar-refractivity contribution < 1.29 is 19.1 Å². The van der Waals surface area contributed by atoms with Gasteiger partial charge in [0, 0.05) is 13.6 Å². The van der Waals surface area contributed by atoms with Crippen molar-refractivity contribution in [3.8, 4) is 11.8 Å². The van der Waals surface area contributed by atoms with E-state index < -0.39 is 12.1 Å². The summed E-state index contributed by atoms with van der Waals surface area (Å²) < 4.78 is 10.9. The van der Waals surface area contributed by atoms with Crippen molar-refractivity contribution in [1.29, 1.82) is 5.26 Å². The van der Waals surface area contributed by atoms with Gasteiger partial charge in [-0.2, -0.15) is 5.26 Å². The third-order valence-electron chi connectivity index (χ3n) is 3.91. The molecule has 0 aliphatic rings. The van der Waals surface area contributed by atoms with Gasteiger partial charge in [-0.1, -0.05) is 30.3 Å². The van der Waals surface area contributed by atoms with Gasteiger partial charge in [-0.25, -0.2) is 4.79 Å². The molecule has 0 N–H and O–H groups in total. The minimum absolute atomic E-state index is 0.230. The van der Waals surface area contributed by atoms with E-state index in [1.54, 1.807) is 31.3 Å². The van der Waals surface area contributed by atoms with Crippen LogP contribution >= 0.6 is 0 Å². The normalized spacial score (nSPS) is 11.1. The predicted octanol–water partition coefficient (Wildman–Crippen LogP) is 3.18. The number of nitrogens with zero attached hydrogens (tertiary/aromatic N) is 2. The van der Waals surface area contributed by atoms with Crippen LogP contribution in [-0.2, 0) is 16.1 Å². The molecule has 0 aromatic heterocycles. The summed E-state index contributed by atoms with van der Waals surface area (Å²) >= 11 is 0. The molecule has 0 heterocycles. The summed E-state index contributed by atoms with van der Waals surface area (Å²) in [4.78, 5) is 25.7. The number of hydrogen-bond acceptors (Lipinski definition) is 5. The lowest BCUT2D eigenvalue weighted by Gasteiger charge is -2.20. The average Bonchev–Trinajstić information content (AvgIpc) is 2.70. The maximum absolute atomic E-state index is 12.2. The second-order valence-electron chi connectivity index (χ2n) is 6.01. The molecule has 27 heavy (non-hydrogen) atoms. The Morgan fingerprint density at radius 1 is 1.11 bits per heavy atom. The standard InChI is InChI=1S/C21H22N2O4/c1-16(20(24)23(2)14-6-13-22)27-21(25)18-9-11-19(12-10-18)26-15-17-7-4-3-5-8-17/h3-5,7-12,16H,6,14-15H2,1-2H3/t16-/m1/s1. The molecule has 2 aromatic rings. The van der Waals surface area contributed by atoms with Gasteiger partial charge in [0.1, 0.15) is 12.4 Å². The monoisotopic (exact) mass is 366 g/mol. The molecule has 2 aromatic carbocycles. The van der Waals surface area contributed by atoms with Gasteiger partial charge >= 0.3 is 5.97 Å². The van der Waals surface area contributed by atoms with Crippen molar-refractivity contribution in [2.75, 3.05) is 13.6 Å². The molecular weight excluding hydrogens is 344 g/mol. The molecule has 1 amide bonds. The first-order valence-corrected chi connectivity index (χ1v) is 8.61. The molecule has 0 spiro atoms. The van der Waals surface area contributed by atoms with Gasteiger partial charge in [-0.15, -0.1) is 0 Å². The minimum Gasteiger partial charge on any atom is -0.489 e. The van der Waals surface area contributed by atoms with Crippen LogP contribution in [-0.4, -0.2) is 36.5 Å². The second-order valence-corrected chi connectivity index (χ2v) is 6.01. The van der Waals surface area contributed by atoms with E-state index >= 15 is 0 Å². The van der Waals surface area contributed by atoms with E-state index in [0.717, 1.165) is 5.56 Å². The maximum atomic E-state index is 12.2. The van der Waals surface area contributed by atoms with Gasteiger partial charge in [0.25, 0.3) is 5.91 Å². The molecule has 0 radical (unpaired) electrons. The highest BCUT2D eigenvalue weighted by atomic mass is 16.5. The smallest absolute Gasteiger partial charge is 0.338 e. The first kappa shape index (κ1) is 20.0. The van der Waals surface area contributed by atoms with E-state index in [1.165, 1.54) is 11.8 Å². The third kappa shape index (κ3) is 6.15. The fraction of sp³-hybridized carbons (Fsp3) is 0.286. The zero-order valence-electron chi connectivity index (χ0n) is 15.4. The second kappa shape index (κ2) is 9.97. The van der Waals surface area contributed by atoms with E-state index in [4.69, 9.17) is 14.7 Å². The zero-order chi connectivity index (χ0) is 19.6. The molecule has 0 saturated heterocycles. The van der Waals surface area contributed by atoms with Crippen molar-refractivity contribution >= 4 is 11.9 Å². The number of carbonyl (C=O) groups excluding carboxylic acids is 2. The van der Waals surface area contributed by atoms with Crippen LogP contribution in [0.4, 0.5) is 0 Å². The van der Waals surface area contributed by atoms with E-state index in [0.29, 0.717) is 24.5 Å². The van der Waals surface area contributed by atoms with Gasteiger partial charge in [0.05, 0.1) is 18.1 Å². The topological polar surface area (TPSA) is 79.6 Å². The summed E-state index contributed by atoms with van der Waals surface area (Å²) in [5, 5.41) is 8.57. The molecule has 6 nitrogen and oxygen atoms in total. The fourth-order valence-electron chi connectivity index (χ4n) is 2.35. The van der Waals surface area contributed by atoms with E-state index in [-0.39, 0.29) is 12.3 Å². The van der Waals surface area contributed by atoms with Gasteiger partial charge < -0.3 is 14.4 Å². The minimum atomic E-state index is -0.921. The summed E-state index contributed by atoms with van der Waals surface area (Å²) in [6, 6.07) is 18.3. The number of esters is 1. The number of rotatable bonds is 8. The largest absolute Gasteiger partial charge is 0.489 e. The van der Waals surface area contributed by atoms with Crippen molar-refractivity contribution in [3.63, 3.8) is 0 Å². The number of likely N-dealkylation sites (N-methyl/N-ethyl adjacent to an activating group) is 1. The Hall–Kier alpha value is -3.33. The molecule has 0 saturated carbocycles. The number of nitriles is 1. The van der Waals surface area contributed by atoms with Gasteiger partial charge in [-0.05, 0) is 36.8 Å². The van der Waals surface area contributed by atoms with Gasteiger partial charge in [0.15, 0.2) is 6.10 Å². The number of hydrogen-bond donors (Lipinski definition) is 0. The summed E-state index contributed by atoms with van der Waals surface area (Å²) in [6.07, 6.45) is -0.692. The van der Waals surface area contributed by atoms with Crippen LogP contribution in [0.1, 0.15) is 29.3 Å². The first-order chi connectivity index (χ1) is 13.0. The molecule has 2 rings (SSSR count). The van der Waals surface area contributed by atoms with Crippen molar-refractivity contribution in [2.45, 2.75) is 26.1 Å². The summed E-state index contributed by atoms with van der Waals surface area (Å²) in [5.41, 5.74) is 1.38. The Labute approximate surface area is 158 Å². The molecule has 140 valence electrons. The molecule has 6 heteroatoms. The lowest BCUT2D eigenvalue weighted by Crippen LogP contribution is -2.37. The number of ether oxygens (including phenoxy) is 2. The van der Waals surface area contributed by atoms with Crippen LogP contribution < -0.4 is 4.74 Å². The Balaban J connectivity index is 1.87. The van der Waals surface area contributed by atoms with E-state index in [1.807, 2.05) is 36.4 Å². The highest BCUT2D eigenvalue weighted by molar-refractivity contribution is 5.92. The molecule has 0 unspecified atom stereocenters. The summed E-state index contributed by atoms with van der Waals surface area (Å²) in [7, 11) is 1.57. The SMILES string of the molecule is C[C@@H](OC(=O)c1ccc(OCc2ccccc2)cc1)C(=O)N(C)CCC#N. The van der Waals surface area contributed by atoms with Gasteiger partial charge in [0.2, 0.25) is 0 Å². The Bertz CT molecular complexity index is 797. The van der Waals surface area contributed by atoms with Gasteiger partial charge in [-0.3, -0.25) is 4.79 Å². The molecule has 0 fully saturated rings. The molecular formula is C21H22N2O4. The van der Waals surface area contributed by atoms with Crippen LogP contribution in [0.25, 0.3) is 0 Å². The number of carbonyl (C=O) groups is 2. The molecule has 0 bridgehead atoms. The Morgan fingerprint density at radius 2 is 1.78 bits per heavy atom. The Kier molecular flexibility index (Phi) is 7.38. The van der Waals surface area contributed by atoms with Crippen LogP contribution in [0.5, 0.6) is 5.75 Å².